The molecule has 1 aromatic rings. The minimum absolute atomic E-state index is 0.567. The molecule has 0 spiro atoms. The van der Waals surface area contributed by atoms with Crippen LogP contribution in [0.4, 0.5) is 0 Å². The van der Waals surface area contributed by atoms with Gasteiger partial charge in [-0.15, -0.1) is 11.3 Å². The second kappa shape index (κ2) is 6.69. The molecule has 1 aliphatic rings. The number of likely N-dealkylation sites (N-methyl/N-ethyl adjacent to an activating group) is 1. The van der Waals surface area contributed by atoms with Crippen molar-refractivity contribution in [1.29, 1.82) is 0 Å². The monoisotopic (exact) mass is 266 g/mol. The van der Waals surface area contributed by atoms with Gasteiger partial charge in [-0.3, -0.25) is 0 Å². The maximum Gasteiger partial charge on any atom is 0.0445 e. The van der Waals surface area contributed by atoms with E-state index in [4.69, 9.17) is 0 Å². The minimum Gasteiger partial charge on any atom is -0.305 e. The lowest BCUT2D eigenvalue weighted by Gasteiger charge is -2.27. The van der Waals surface area contributed by atoms with E-state index < -0.39 is 0 Å². The Bertz CT molecular complexity index is 328. The maximum absolute atomic E-state index is 3.85. The Morgan fingerprint density at radius 2 is 2.11 bits per heavy atom. The van der Waals surface area contributed by atoms with Crippen molar-refractivity contribution in [3.05, 3.63) is 22.4 Å². The van der Waals surface area contributed by atoms with E-state index in [2.05, 4.69) is 48.5 Å². The Kier molecular flexibility index (Phi) is 5.22. The van der Waals surface area contributed by atoms with Crippen LogP contribution in [0.15, 0.2) is 17.5 Å². The Labute approximate surface area is 115 Å². The summed E-state index contributed by atoms with van der Waals surface area (Å²) in [5.41, 5.74) is 0. The molecular formula is C15H26N2S. The normalized spacial score (nSPS) is 19.1. The Morgan fingerprint density at radius 1 is 1.39 bits per heavy atom. The van der Waals surface area contributed by atoms with Gasteiger partial charge in [0.1, 0.15) is 0 Å². The summed E-state index contributed by atoms with van der Waals surface area (Å²) in [4.78, 5) is 4.01. The van der Waals surface area contributed by atoms with Gasteiger partial charge in [0.25, 0.3) is 0 Å². The summed E-state index contributed by atoms with van der Waals surface area (Å²) in [5, 5.41) is 6.05. The van der Waals surface area contributed by atoms with Gasteiger partial charge < -0.3 is 10.2 Å². The van der Waals surface area contributed by atoms with Gasteiger partial charge >= 0.3 is 0 Å². The van der Waals surface area contributed by atoms with E-state index in [1.165, 1.54) is 17.7 Å². The second-order valence-electron chi connectivity index (χ2n) is 5.38. The highest BCUT2D eigenvalue weighted by Gasteiger charge is 2.33. The zero-order chi connectivity index (χ0) is 13.0. The first-order chi connectivity index (χ1) is 8.74. The Balaban J connectivity index is 1.89. The van der Waals surface area contributed by atoms with Gasteiger partial charge in [0.2, 0.25) is 0 Å². The van der Waals surface area contributed by atoms with Crippen molar-refractivity contribution in [2.24, 2.45) is 5.92 Å². The molecule has 0 radical (unpaired) electrons. The fraction of sp³-hybridized carbons (Fsp3) is 0.733. The summed E-state index contributed by atoms with van der Waals surface area (Å²) in [7, 11) is 0. The number of hydrogen-bond acceptors (Lipinski definition) is 3. The average Bonchev–Trinajstić information content (AvgIpc) is 3.07. The van der Waals surface area contributed by atoms with Crippen LogP contribution in [0.5, 0.6) is 0 Å². The predicted octanol–water partition coefficient (Wildman–Crippen LogP) is 3.52. The first-order valence-corrected chi connectivity index (χ1v) is 8.14. The van der Waals surface area contributed by atoms with Gasteiger partial charge in [-0.05, 0) is 50.2 Å². The largest absolute Gasteiger partial charge is 0.305 e. The number of rotatable bonds is 8. The first-order valence-electron chi connectivity index (χ1n) is 7.26. The zero-order valence-electron chi connectivity index (χ0n) is 11.9. The van der Waals surface area contributed by atoms with Gasteiger partial charge in [0, 0.05) is 23.5 Å². The van der Waals surface area contributed by atoms with Crippen molar-refractivity contribution < 1.29 is 0 Å². The van der Waals surface area contributed by atoms with E-state index in [9.17, 15) is 0 Å². The van der Waals surface area contributed by atoms with E-state index in [0.717, 1.165) is 25.6 Å². The summed E-state index contributed by atoms with van der Waals surface area (Å²) < 4.78 is 0. The van der Waals surface area contributed by atoms with Gasteiger partial charge in [0.05, 0.1) is 0 Å². The summed E-state index contributed by atoms with van der Waals surface area (Å²) in [6, 6.07) is 5.62. The minimum atomic E-state index is 0.567. The highest BCUT2D eigenvalue weighted by molar-refractivity contribution is 7.10. The van der Waals surface area contributed by atoms with Crippen LogP contribution in [0.2, 0.25) is 0 Å². The van der Waals surface area contributed by atoms with Gasteiger partial charge in [-0.25, -0.2) is 0 Å². The molecule has 1 N–H and O–H groups in total. The van der Waals surface area contributed by atoms with E-state index in [-0.39, 0.29) is 0 Å². The van der Waals surface area contributed by atoms with Crippen LogP contribution in [-0.2, 0) is 0 Å². The van der Waals surface area contributed by atoms with E-state index >= 15 is 0 Å². The fourth-order valence-electron chi connectivity index (χ4n) is 2.58. The van der Waals surface area contributed by atoms with E-state index in [0.29, 0.717) is 12.1 Å². The van der Waals surface area contributed by atoms with Crippen molar-refractivity contribution in [1.82, 2.24) is 10.2 Å². The third-order valence-corrected chi connectivity index (χ3v) is 4.79. The van der Waals surface area contributed by atoms with Crippen molar-refractivity contribution in [3.63, 3.8) is 0 Å². The second-order valence-corrected chi connectivity index (χ2v) is 6.36. The SMILES string of the molecule is CCN(CC)CC(C)NC(c1cccs1)C1CC1. The van der Waals surface area contributed by atoms with E-state index in [1.54, 1.807) is 0 Å². The molecule has 0 aliphatic heterocycles. The first kappa shape index (κ1) is 14.0. The molecule has 1 saturated carbocycles. The number of thiophene rings is 1. The molecule has 2 rings (SSSR count). The van der Waals surface area contributed by atoms with Crippen LogP contribution in [0.25, 0.3) is 0 Å². The average molecular weight is 266 g/mol. The number of hydrogen-bond donors (Lipinski definition) is 1. The molecule has 0 saturated heterocycles. The molecule has 1 fully saturated rings. The summed E-state index contributed by atoms with van der Waals surface area (Å²) in [6.45, 7) is 10.3. The summed E-state index contributed by atoms with van der Waals surface area (Å²) in [5.74, 6) is 0.878. The van der Waals surface area contributed by atoms with Crippen LogP contribution < -0.4 is 5.32 Å². The smallest absolute Gasteiger partial charge is 0.0445 e. The van der Waals surface area contributed by atoms with E-state index in [1.807, 2.05) is 11.3 Å². The van der Waals surface area contributed by atoms with Crippen LogP contribution in [0, 0.1) is 5.92 Å². The quantitative estimate of drug-likeness (QED) is 0.774. The van der Waals surface area contributed by atoms with Gasteiger partial charge in [0.15, 0.2) is 0 Å². The fourth-order valence-corrected chi connectivity index (χ4v) is 3.46. The van der Waals surface area contributed by atoms with Crippen LogP contribution in [-0.4, -0.2) is 30.6 Å². The maximum atomic E-state index is 3.85. The van der Waals surface area contributed by atoms with Crippen LogP contribution in [0.1, 0.15) is 44.5 Å². The Morgan fingerprint density at radius 3 is 2.61 bits per heavy atom. The van der Waals surface area contributed by atoms with Gasteiger partial charge in [-0.2, -0.15) is 0 Å². The predicted molar refractivity (Wildman–Crippen MR) is 80.2 cm³/mol. The lowest BCUT2D eigenvalue weighted by atomic mass is 10.1. The number of nitrogens with one attached hydrogen (secondary N) is 1. The van der Waals surface area contributed by atoms with Crippen LogP contribution >= 0.6 is 11.3 Å². The zero-order valence-corrected chi connectivity index (χ0v) is 12.7. The summed E-state index contributed by atoms with van der Waals surface area (Å²) >= 11 is 1.90. The van der Waals surface area contributed by atoms with Crippen molar-refractivity contribution in [2.75, 3.05) is 19.6 Å². The number of nitrogens with zero attached hydrogens (tertiary/aromatic N) is 1. The molecule has 1 aromatic heterocycles. The molecule has 0 aromatic carbocycles. The molecule has 2 atom stereocenters. The standard InChI is InChI=1S/C15H26N2S/c1-4-17(5-2)11-12(3)16-15(13-8-9-13)14-7-6-10-18-14/h6-7,10,12-13,15-16H,4-5,8-9,11H2,1-3H3. The van der Waals surface area contributed by atoms with Crippen LogP contribution in [0.3, 0.4) is 0 Å². The van der Waals surface area contributed by atoms with Crippen molar-refractivity contribution in [3.8, 4) is 0 Å². The lowest BCUT2D eigenvalue weighted by molar-refractivity contribution is 0.258. The molecule has 3 heteroatoms. The molecule has 1 heterocycles. The third-order valence-electron chi connectivity index (χ3n) is 3.83. The topological polar surface area (TPSA) is 15.3 Å². The highest BCUT2D eigenvalue weighted by atomic mass is 32.1. The van der Waals surface area contributed by atoms with Crippen molar-refractivity contribution in [2.45, 2.75) is 45.7 Å². The highest BCUT2D eigenvalue weighted by Crippen LogP contribution is 2.42. The molecule has 0 bridgehead atoms. The lowest BCUT2D eigenvalue weighted by Crippen LogP contribution is -2.41. The molecule has 1 aliphatic carbocycles. The molecule has 2 nitrogen and oxygen atoms in total. The van der Waals surface area contributed by atoms with Crippen molar-refractivity contribution >= 4 is 11.3 Å². The third kappa shape index (κ3) is 3.81. The van der Waals surface area contributed by atoms with Gasteiger partial charge in [-0.1, -0.05) is 19.9 Å². The molecular weight excluding hydrogens is 240 g/mol. The summed E-state index contributed by atoms with van der Waals surface area (Å²) in [6.07, 6.45) is 2.79. The molecule has 18 heavy (non-hydrogen) atoms. The Hall–Kier alpha value is -0.380. The molecule has 0 amide bonds. The molecule has 102 valence electrons. The molecule has 2 unspecified atom stereocenters.